The second kappa shape index (κ2) is 9.55. The fraction of sp³-hybridized carbons (Fsp3) is 0.409. The molecule has 1 heterocycles. The predicted molar refractivity (Wildman–Crippen MR) is 107 cm³/mol. The highest BCUT2D eigenvalue weighted by Gasteiger charge is 2.23. The lowest BCUT2D eigenvalue weighted by atomic mass is 10.1. The van der Waals surface area contributed by atoms with Crippen molar-refractivity contribution in [3.8, 4) is 5.75 Å². The molecule has 0 N–H and O–H groups in total. The van der Waals surface area contributed by atoms with Gasteiger partial charge < -0.3 is 19.3 Å². The molecule has 2 aromatic rings. The normalized spacial score (nSPS) is 14.2. The summed E-state index contributed by atoms with van der Waals surface area (Å²) in [5.74, 6) is 0.532. The molecule has 0 aliphatic carbocycles. The molecule has 150 valence electrons. The number of ether oxygens (including phenoxy) is 2. The quantitative estimate of drug-likeness (QED) is 0.727. The van der Waals surface area contributed by atoms with E-state index in [-0.39, 0.29) is 11.7 Å². The summed E-state index contributed by atoms with van der Waals surface area (Å²) in [6.45, 7) is 8.17. The third-order valence-electron chi connectivity index (χ3n) is 4.83. The molecule has 1 saturated heterocycles. The van der Waals surface area contributed by atoms with Crippen LogP contribution in [-0.4, -0.2) is 50.2 Å². The second-order valence-corrected chi connectivity index (χ2v) is 6.65. The zero-order valence-corrected chi connectivity index (χ0v) is 16.5. The molecule has 1 amide bonds. The summed E-state index contributed by atoms with van der Waals surface area (Å²) >= 11 is 0. The number of amides is 1. The predicted octanol–water partition coefficient (Wildman–Crippen LogP) is 3.72. The zero-order chi connectivity index (χ0) is 19.9. The molecule has 2 aromatic carbocycles. The van der Waals surface area contributed by atoms with E-state index in [0.717, 1.165) is 30.1 Å². The lowest BCUT2D eigenvalue weighted by Crippen LogP contribution is -2.48. The summed E-state index contributed by atoms with van der Waals surface area (Å²) in [4.78, 5) is 17.0. The van der Waals surface area contributed by atoms with Crippen LogP contribution in [0.25, 0.3) is 0 Å². The number of halogens is 1. The molecule has 3 rings (SSSR count). The molecule has 0 atom stereocenters. The van der Waals surface area contributed by atoms with E-state index < -0.39 is 0 Å². The van der Waals surface area contributed by atoms with Gasteiger partial charge in [0.2, 0.25) is 0 Å². The van der Waals surface area contributed by atoms with Crippen molar-refractivity contribution < 1.29 is 18.7 Å². The lowest BCUT2D eigenvalue weighted by Gasteiger charge is -2.36. The van der Waals surface area contributed by atoms with E-state index in [1.807, 2.05) is 36.9 Å². The number of hydrogen-bond donors (Lipinski definition) is 0. The Labute approximate surface area is 165 Å². The minimum Gasteiger partial charge on any atom is -0.494 e. The van der Waals surface area contributed by atoms with Crippen LogP contribution < -0.4 is 9.64 Å². The Morgan fingerprint density at radius 1 is 1.00 bits per heavy atom. The molecule has 5 nitrogen and oxygen atoms in total. The van der Waals surface area contributed by atoms with Gasteiger partial charge in [0.25, 0.3) is 5.91 Å². The van der Waals surface area contributed by atoms with E-state index in [1.54, 1.807) is 12.1 Å². The highest BCUT2D eigenvalue weighted by Crippen LogP contribution is 2.23. The summed E-state index contributed by atoms with van der Waals surface area (Å²) < 4.78 is 24.3. The standard InChI is InChI=1S/C22H27FN2O3/c1-3-27-16-18-15-17(5-10-21(18)28-4-2)22(26)25-13-11-24(12-14-25)20-8-6-19(23)7-9-20/h5-10,15H,3-4,11-14,16H2,1-2H3. The van der Waals surface area contributed by atoms with Gasteiger partial charge >= 0.3 is 0 Å². The first-order valence-electron chi connectivity index (χ1n) is 9.75. The van der Waals surface area contributed by atoms with E-state index in [4.69, 9.17) is 9.47 Å². The van der Waals surface area contributed by atoms with Crippen molar-refractivity contribution in [3.05, 3.63) is 59.4 Å². The van der Waals surface area contributed by atoms with Gasteiger partial charge in [-0.05, 0) is 56.3 Å². The summed E-state index contributed by atoms with van der Waals surface area (Å²) in [6, 6.07) is 12.0. The summed E-state index contributed by atoms with van der Waals surface area (Å²) in [5, 5.41) is 0. The van der Waals surface area contributed by atoms with E-state index in [1.165, 1.54) is 12.1 Å². The van der Waals surface area contributed by atoms with Crippen LogP contribution in [0.3, 0.4) is 0 Å². The average molecular weight is 386 g/mol. The van der Waals surface area contributed by atoms with Gasteiger partial charge in [-0.1, -0.05) is 0 Å². The Kier molecular flexibility index (Phi) is 6.87. The van der Waals surface area contributed by atoms with Gasteiger partial charge in [0.05, 0.1) is 13.2 Å². The highest BCUT2D eigenvalue weighted by molar-refractivity contribution is 5.94. The molecule has 6 heteroatoms. The maximum absolute atomic E-state index is 13.1. The first kappa shape index (κ1) is 20.1. The SMILES string of the molecule is CCOCc1cc(C(=O)N2CCN(c3ccc(F)cc3)CC2)ccc1OCC. The van der Waals surface area contributed by atoms with Crippen molar-refractivity contribution in [1.82, 2.24) is 4.90 Å². The number of carbonyl (C=O) groups excluding carboxylic acids is 1. The number of carbonyl (C=O) groups is 1. The summed E-state index contributed by atoms with van der Waals surface area (Å²) in [6.07, 6.45) is 0. The first-order valence-corrected chi connectivity index (χ1v) is 9.75. The van der Waals surface area contributed by atoms with Gasteiger partial charge in [0, 0.05) is 49.6 Å². The molecule has 1 aliphatic heterocycles. The third kappa shape index (κ3) is 4.81. The van der Waals surface area contributed by atoms with Crippen LogP contribution in [0.4, 0.5) is 10.1 Å². The van der Waals surface area contributed by atoms with Gasteiger partial charge in [-0.15, -0.1) is 0 Å². The van der Waals surface area contributed by atoms with Crippen molar-refractivity contribution in [2.45, 2.75) is 20.5 Å². The maximum Gasteiger partial charge on any atom is 0.253 e. The Morgan fingerprint density at radius 3 is 2.36 bits per heavy atom. The van der Waals surface area contributed by atoms with E-state index >= 15 is 0 Å². The smallest absolute Gasteiger partial charge is 0.253 e. The van der Waals surface area contributed by atoms with Crippen LogP contribution in [-0.2, 0) is 11.3 Å². The van der Waals surface area contributed by atoms with Gasteiger partial charge in [-0.3, -0.25) is 4.79 Å². The Hall–Kier alpha value is -2.60. The van der Waals surface area contributed by atoms with Crippen LogP contribution in [0.2, 0.25) is 0 Å². The van der Waals surface area contributed by atoms with Crippen LogP contribution in [0.1, 0.15) is 29.8 Å². The van der Waals surface area contributed by atoms with E-state index in [2.05, 4.69) is 4.90 Å². The topological polar surface area (TPSA) is 42.0 Å². The largest absolute Gasteiger partial charge is 0.494 e. The van der Waals surface area contributed by atoms with Gasteiger partial charge in [-0.25, -0.2) is 4.39 Å². The number of nitrogens with zero attached hydrogens (tertiary/aromatic N) is 2. The minimum atomic E-state index is -0.240. The minimum absolute atomic E-state index is 0.0135. The van der Waals surface area contributed by atoms with Crippen molar-refractivity contribution in [3.63, 3.8) is 0 Å². The average Bonchev–Trinajstić information content (AvgIpc) is 2.73. The van der Waals surface area contributed by atoms with E-state index in [9.17, 15) is 9.18 Å². The number of benzene rings is 2. The van der Waals surface area contributed by atoms with Crippen molar-refractivity contribution >= 4 is 11.6 Å². The third-order valence-corrected chi connectivity index (χ3v) is 4.83. The van der Waals surface area contributed by atoms with Gasteiger partial charge in [0.1, 0.15) is 11.6 Å². The van der Waals surface area contributed by atoms with Gasteiger partial charge in [0.15, 0.2) is 0 Å². The molecule has 0 saturated carbocycles. The van der Waals surface area contributed by atoms with Crippen LogP contribution in [0.15, 0.2) is 42.5 Å². The van der Waals surface area contributed by atoms with Crippen molar-refractivity contribution in [1.29, 1.82) is 0 Å². The molecule has 0 aromatic heterocycles. The highest BCUT2D eigenvalue weighted by atomic mass is 19.1. The molecule has 0 radical (unpaired) electrons. The number of piperazine rings is 1. The summed E-state index contributed by atoms with van der Waals surface area (Å²) in [7, 11) is 0. The van der Waals surface area contributed by atoms with Gasteiger partial charge in [-0.2, -0.15) is 0 Å². The lowest BCUT2D eigenvalue weighted by molar-refractivity contribution is 0.0746. The Morgan fingerprint density at radius 2 is 1.71 bits per heavy atom. The fourth-order valence-corrected chi connectivity index (χ4v) is 3.34. The number of hydrogen-bond acceptors (Lipinski definition) is 4. The molecule has 0 unspecified atom stereocenters. The molecule has 1 fully saturated rings. The fourth-order valence-electron chi connectivity index (χ4n) is 3.34. The number of rotatable bonds is 7. The molecule has 0 spiro atoms. The van der Waals surface area contributed by atoms with Crippen molar-refractivity contribution in [2.75, 3.05) is 44.3 Å². The molecule has 1 aliphatic rings. The van der Waals surface area contributed by atoms with Crippen LogP contribution >= 0.6 is 0 Å². The zero-order valence-electron chi connectivity index (χ0n) is 16.5. The maximum atomic E-state index is 13.1. The monoisotopic (exact) mass is 386 g/mol. The molecular weight excluding hydrogens is 359 g/mol. The second-order valence-electron chi connectivity index (χ2n) is 6.65. The van der Waals surface area contributed by atoms with Crippen LogP contribution in [0, 0.1) is 5.82 Å². The van der Waals surface area contributed by atoms with Crippen LogP contribution in [0.5, 0.6) is 5.75 Å². The van der Waals surface area contributed by atoms with E-state index in [0.29, 0.717) is 38.5 Å². The molecule has 0 bridgehead atoms. The molecular formula is C22H27FN2O3. The summed E-state index contributed by atoms with van der Waals surface area (Å²) in [5.41, 5.74) is 2.52. The number of anilines is 1. The first-order chi connectivity index (χ1) is 13.6. The van der Waals surface area contributed by atoms with Crippen molar-refractivity contribution in [2.24, 2.45) is 0 Å². The molecule has 28 heavy (non-hydrogen) atoms. The Balaban J connectivity index is 1.66. The Bertz CT molecular complexity index is 787.